The lowest BCUT2D eigenvalue weighted by atomic mass is 10.1. The first kappa shape index (κ1) is 34.0. The van der Waals surface area contributed by atoms with E-state index in [0.717, 1.165) is 40.9 Å². The summed E-state index contributed by atoms with van der Waals surface area (Å²) in [6, 6.07) is 13.7. The molecule has 2 heterocycles. The lowest BCUT2D eigenvalue weighted by molar-refractivity contribution is -0.155. The van der Waals surface area contributed by atoms with Crippen molar-refractivity contribution in [2.75, 3.05) is 56.4 Å². The van der Waals surface area contributed by atoms with Crippen LogP contribution in [0.4, 0.5) is 23.0 Å². The summed E-state index contributed by atoms with van der Waals surface area (Å²) >= 11 is 0. The molecule has 0 unspecified atom stereocenters. The molecule has 46 heavy (non-hydrogen) atoms. The third kappa shape index (κ3) is 8.85. The van der Waals surface area contributed by atoms with Gasteiger partial charge in [0.25, 0.3) is 0 Å². The number of benzene rings is 2. The highest BCUT2D eigenvalue weighted by Gasteiger charge is 2.19. The normalized spacial score (nSPS) is 11.4. The van der Waals surface area contributed by atoms with Crippen molar-refractivity contribution in [1.82, 2.24) is 19.4 Å². The molecule has 0 radical (unpaired) electrons. The third-order valence-electron chi connectivity index (χ3n) is 7.41. The summed E-state index contributed by atoms with van der Waals surface area (Å²) in [5, 5.41) is 7.32. The van der Waals surface area contributed by atoms with Gasteiger partial charge in [0.15, 0.2) is 0 Å². The molecule has 2 aromatic carbocycles. The number of nitrogens with one attached hydrogen (secondary N) is 2. The number of likely N-dealkylation sites (N-methyl/N-ethyl adjacent to an activating group) is 2. The fourth-order valence-electron chi connectivity index (χ4n) is 5.11. The Morgan fingerprint density at radius 3 is 2.54 bits per heavy atom. The number of esters is 1. The highest BCUT2D eigenvalue weighted by atomic mass is 16.6. The van der Waals surface area contributed by atoms with E-state index in [9.17, 15) is 9.59 Å². The summed E-state index contributed by atoms with van der Waals surface area (Å²) in [6.45, 7) is 11.4. The minimum atomic E-state index is -0.481. The first-order valence-corrected chi connectivity index (χ1v) is 15.3. The van der Waals surface area contributed by atoms with Crippen LogP contribution in [0.5, 0.6) is 5.75 Å². The molecule has 0 saturated heterocycles. The van der Waals surface area contributed by atoms with Gasteiger partial charge in [-0.15, -0.1) is 0 Å². The Hall–Kier alpha value is -4.90. The van der Waals surface area contributed by atoms with Gasteiger partial charge in [0.05, 0.1) is 29.9 Å². The van der Waals surface area contributed by atoms with Gasteiger partial charge in [0.2, 0.25) is 11.9 Å². The van der Waals surface area contributed by atoms with Crippen LogP contribution in [-0.2, 0) is 21.4 Å². The van der Waals surface area contributed by atoms with Crippen LogP contribution in [0.2, 0.25) is 0 Å². The summed E-state index contributed by atoms with van der Waals surface area (Å²) in [7, 11) is 7.58. The Kier molecular flexibility index (Phi) is 11.0. The Balaban J connectivity index is 1.51. The van der Waals surface area contributed by atoms with Crippen molar-refractivity contribution in [3.63, 3.8) is 0 Å². The number of fused-ring (bicyclic) bond motifs is 1. The van der Waals surface area contributed by atoms with Crippen LogP contribution in [0.15, 0.2) is 67.5 Å². The molecule has 0 saturated carbocycles. The van der Waals surface area contributed by atoms with Crippen molar-refractivity contribution < 1.29 is 19.1 Å². The first-order valence-electron chi connectivity index (χ1n) is 15.3. The largest absolute Gasteiger partial charge is 0.494 e. The SMILES string of the molecule is C=CC(=O)Nc1cc(Nc2nccc(-c3cn(C)c4ccccc34)n2)c(OC)cc1N(C)CCN(C)CCCC(=O)OC(C)(C)C. The maximum atomic E-state index is 12.4. The zero-order valence-electron chi connectivity index (χ0n) is 27.9. The van der Waals surface area contributed by atoms with Gasteiger partial charge < -0.3 is 34.5 Å². The Bertz CT molecular complexity index is 1690. The van der Waals surface area contributed by atoms with Crippen LogP contribution in [0.25, 0.3) is 22.2 Å². The van der Waals surface area contributed by atoms with Crippen molar-refractivity contribution in [3.8, 4) is 17.0 Å². The van der Waals surface area contributed by atoms with Gasteiger partial charge in [-0.1, -0.05) is 24.8 Å². The van der Waals surface area contributed by atoms with E-state index in [-0.39, 0.29) is 11.9 Å². The van der Waals surface area contributed by atoms with E-state index in [1.807, 2.05) is 77.1 Å². The van der Waals surface area contributed by atoms with E-state index in [0.29, 0.717) is 42.5 Å². The molecule has 0 aliphatic carbocycles. The van der Waals surface area contributed by atoms with E-state index in [2.05, 4.69) is 50.0 Å². The molecule has 0 aliphatic heterocycles. The van der Waals surface area contributed by atoms with Gasteiger partial charge in [-0.3, -0.25) is 9.59 Å². The van der Waals surface area contributed by atoms with Crippen molar-refractivity contribution in [3.05, 3.63) is 67.5 Å². The molecule has 11 nitrogen and oxygen atoms in total. The van der Waals surface area contributed by atoms with Gasteiger partial charge in [0, 0.05) is 68.5 Å². The fourth-order valence-corrected chi connectivity index (χ4v) is 5.11. The molecule has 2 N–H and O–H groups in total. The molecule has 0 aliphatic rings. The predicted molar refractivity (Wildman–Crippen MR) is 185 cm³/mol. The van der Waals surface area contributed by atoms with Crippen LogP contribution in [0.1, 0.15) is 33.6 Å². The summed E-state index contributed by atoms with van der Waals surface area (Å²) in [5.41, 5.74) is 4.35. The molecular formula is C35H45N7O4. The minimum Gasteiger partial charge on any atom is -0.494 e. The molecule has 244 valence electrons. The van der Waals surface area contributed by atoms with Crippen molar-refractivity contribution in [1.29, 1.82) is 0 Å². The highest BCUT2D eigenvalue weighted by molar-refractivity contribution is 6.02. The van der Waals surface area contributed by atoms with Gasteiger partial charge in [-0.25, -0.2) is 9.97 Å². The van der Waals surface area contributed by atoms with Crippen LogP contribution in [0, 0.1) is 0 Å². The number of carbonyl (C=O) groups excluding carboxylic acids is 2. The number of amides is 1. The van der Waals surface area contributed by atoms with Crippen LogP contribution in [0.3, 0.4) is 0 Å². The predicted octanol–water partition coefficient (Wildman–Crippen LogP) is 6.00. The van der Waals surface area contributed by atoms with Crippen molar-refractivity contribution >= 4 is 45.8 Å². The molecular weight excluding hydrogens is 582 g/mol. The number of nitrogens with zero attached hydrogens (tertiary/aromatic N) is 5. The summed E-state index contributed by atoms with van der Waals surface area (Å²) < 4.78 is 13.3. The fraction of sp³-hybridized carbons (Fsp3) is 0.371. The van der Waals surface area contributed by atoms with E-state index < -0.39 is 5.60 Å². The van der Waals surface area contributed by atoms with Crippen LogP contribution in [-0.4, -0.2) is 77.8 Å². The first-order chi connectivity index (χ1) is 21.9. The molecule has 2 aromatic heterocycles. The van der Waals surface area contributed by atoms with Gasteiger partial charge >= 0.3 is 5.97 Å². The lowest BCUT2D eigenvalue weighted by Crippen LogP contribution is -2.32. The number of rotatable bonds is 14. The standard InChI is InChI=1S/C35H45N7O4/c1-9-32(43)37-27-21-28(39-34-36-17-16-26(38-34)25-23-42(7)29-14-11-10-13-24(25)29)31(45-8)22-30(27)41(6)20-19-40(5)18-12-15-33(44)46-35(2,3)4/h9-11,13-14,16-17,21-23H,1,12,15,18-20H2,2-8H3,(H,37,43)(H,36,38,39). The van der Waals surface area contributed by atoms with Crippen molar-refractivity contribution in [2.45, 2.75) is 39.2 Å². The third-order valence-corrected chi connectivity index (χ3v) is 7.41. The van der Waals surface area contributed by atoms with E-state index in [1.165, 1.54) is 6.08 Å². The van der Waals surface area contributed by atoms with Crippen LogP contribution < -0.4 is 20.3 Å². The van der Waals surface area contributed by atoms with Gasteiger partial charge in [-0.2, -0.15) is 0 Å². The quantitative estimate of drug-likeness (QED) is 0.128. The Morgan fingerprint density at radius 2 is 1.83 bits per heavy atom. The molecule has 1 amide bonds. The minimum absolute atomic E-state index is 0.188. The van der Waals surface area contributed by atoms with Gasteiger partial charge in [-0.05, 0) is 65.1 Å². The van der Waals surface area contributed by atoms with Crippen LogP contribution >= 0.6 is 0 Å². The Morgan fingerprint density at radius 1 is 1.07 bits per heavy atom. The maximum Gasteiger partial charge on any atom is 0.306 e. The number of para-hydroxylation sites is 1. The number of ether oxygens (including phenoxy) is 2. The average Bonchev–Trinajstić information content (AvgIpc) is 3.35. The number of aryl methyl sites for hydroxylation is 1. The maximum absolute atomic E-state index is 12.4. The number of aromatic nitrogens is 3. The second kappa shape index (κ2) is 14.9. The van der Waals surface area contributed by atoms with Crippen molar-refractivity contribution in [2.24, 2.45) is 7.05 Å². The second-order valence-electron chi connectivity index (χ2n) is 12.2. The molecule has 4 aromatic rings. The zero-order chi connectivity index (χ0) is 33.4. The van der Waals surface area contributed by atoms with E-state index in [4.69, 9.17) is 14.5 Å². The number of carbonyl (C=O) groups is 2. The molecule has 11 heteroatoms. The number of methoxy groups -OCH3 is 1. The summed E-state index contributed by atoms with van der Waals surface area (Å²) in [4.78, 5) is 38.0. The van der Waals surface area contributed by atoms with E-state index >= 15 is 0 Å². The molecule has 4 rings (SSSR count). The second-order valence-corrected chi connectivity index (χ2v) is 12.2. The number of anilines is 4. The number of hydrogen-bond donors (Lipinski definition) is 2. The molecule has 0 atom stereocenters. The molecule has 0 bridgehead atoms. The summed E-state index contributed by atoms with van der Waals surface area (Å²) in [5.74, 6) is 0.425. The zero-order valence-corrected chi connectivity index (χ0v) is 27.9. The van der Waals surface area contributed by atoms with Gasteiger partial charge in [0.1, 0.15) is 11.4 Å². The average molecular weight is 628 g/mol. The topological polar surface area (TPSA) is 114 Å². The lowest BCUT2D eigenvalue weighted by Gasteiger charge is -2.27. The monoisotopic (exact) mass is 627 g/mol. The number of hydrogen-bond acceptors (Lipinski definition) is 9. The molecule has 0 spiro atoms. The molecule has 0 fully saturated rings. The smallest absolute Gasteiger partial charge is 0.306 e. The Labute approximate surface area is 271 Å². The van der Waals surface area contributed by atoms with E-state index in [1.54, 1.807) is 13.3 Å². The highest BCUT2D eigenvalue weighted by Crippen LogP contribution is 2.38. The summed E-state index contributed by atoms with van der Waals surface area (Å²) in [6.07, 6.45) is 6.08.